The number of hydrogen-bond donors (Lipinski definition) is 3. The van der Waals surface area contributed by atoms with Gasteiger partial charge in [-0.3, -0.25) is 14.4 Å². The molecule has 0 aromatic carbocycles. The van der Waals surface area contributed by atoms with Crippen LogP contribution in [0.1, 0.15) is 73.6 Å². The van der Waals surface area contributed by atoms with Crippen LogP contribution in [0.4, 0.5) is 0 Å². The molecule has 0 spiro atoms. The number of nitrogens with zero attached hydrogens (tertiary/aromatic N) is 3. The summed E-state index contributed by atoms with van der Waals surface area (Å²) in [6.45, 7) is 23.2. The van der Waals surface area contributed by atoms with E-state index < -0.39 is 5.92 Å². The Balaban J connectivity index is 4.72. The molecule has 0 aliphatic rings. The fraction of sp³-hybridized carbons (Fsp3) is 0.889. The number of carbonyl (C=O) groups excluding carboxylic acids is 3. The predicted molar refractivity (Wildman–Crippen MR) is 149 cm³/mol. The zero-order chi connectivity index (χ0) is 27.2. The lowest BCUT2D eigenvalue weighted by molar-refractivity contribution is -0.133. The average Bonchev–Trinajstić information content (AvgIpc) is 2.88. The molecular formula is C27H56N6O3. The number of rotatable bonds is 23. The monoisotopic (exact) mass is 512 g/mol. The van der Waals surface area contributed by atoms with Crippen molar-refractivity contribution in [1.29, 1.82) is 0 Å². The highest BCUT2D eigenvalue weighted by Gasteiger charge is 2.24. The fourth-order valence-corrected chi connectivity index (χ4v) is 4.19. The van der Waals surface area contributed by atoms with Crippen molar-refractivity contribution >= 4 is 17.7 Å². The second-order valence-electron chi connectivity index (χ2n) is 9.24. The van der Waals surface area contributed by atoms with E-state index in [-0.39, 0.29) is 30.6 Å². The minimum atomic E-state index is -0.663. The molecule has 0 saturated heterocycles. The predicted octanol–water partition coefficient (Wildman–Crippen LogP) is 1.93. The molecule has 0 rings (SSSR count). The van der Waals surface area contributed by atoms with Crippen molar-refractivity contribution in [2.24, 2.45) is 5.92 Å². The normalized spacial score (nSPS) is 11.5. The molecular weight excluding hydrogens is 456 g/mol. The topological polar surface area (TPSA) is 97.0 Å². The van der Waals surface area contributed by atoms with E-state index in [0.717, 1.165) is 78.2 Å². The Hall–Kier alpha value is -1.71. The number of nitrogens with one attached hydrogen (secondary N) is 3. The average molecular weight is 513 g/mol. The van der Waals surface area contributed by atoms with E-state index in [4.69, 9.17) is 0 Å². The number of hydrogen-bond acceptors (Lipinski definition) is 6. The molecule has 0 aliphatic heterocycles. The largest absolute Gasteiger partial charge is 0.356 e. The lowest BCUT2D eigenvalue weighted by Crippen LogP contribution is -2.39. The molecule has 0 radical (unpaired) electrons. The lowest BCUT2D eigenvalue weighted by Gasteiger charge is -2.20. The van der Waals surface area contributed by atoms with Crippen LogP contribution in [0, 0.1) is 5.92 Å². The molecule has 0 fully saturated rings. The van der Waals surface area contributed by atoms with Gasteiger partial charge in [0.05, 0.1) is 5.92 Å². The van der Waals surface area contributed by atoms with Gasteiger partial charge < -0.3 is 30.7 Å². The molecule has 3 amide bonds. The molecule has 0 aliphatic carbocycles. The molecule has 3 N–H and O–H groups in total. The van der Waals surface area contributed by atoms with Gasteiger partial charge in [-0.25, -0.2) is 0 Å². The van der Waals surface area contributed by atoms with Crippen LogP contribution in [0.25, 0.3) is 0 Å². The number of carbonyl (C=O) groups is 3. The van der Waals surface area contributed by atoms with Crippen LogP contribution < -0.4 is 16.0 Å². The van der Waals surface area contributed by atoms with Gasteiger partial charge in [-0.05, 0) is 78.2 Å². The molecule has 9 heteroatoms. The summed E-state index contributed by atoms with van der Waals surface area (Å²) >= 11 is 0. The van der Waals surface area contributed by atoms with E-state index in [1.165, 1.54) is 0 Å². The van der Waals surface area contributed by atoms with Crippen molar-refractivity contribution in [2.75, 3.05) is 78.5 Å². The Bertz CT molecular complexity index is 544. The maximum Gasteiger partial charge on any atom is 0.224 e. The van der Waals surface area contributed by atoms with Gasteiger partial charge in [0.15, 0.2) is 0 Å². The van der Waals surface area contributed by atoms with E-state index in [2.05, 4.69) is 72.2 Å². The van der Waals surface area contributed by atoms with E-state index in [1.807, 2.05) is 0 Å². The second-order valence-corrected chi connectivity index (χ2v) is 9.24. The summed E-state index contributed by atoms with van der Waals surface area (Å²) in [5.41, 5.74) is 0. The van der Waals surface area contributed by atoms with Crippen molar-refractivity contribution in [3.05, 3.63) is 0 Å². The maximum absolute atomic E-state index is 12.9. The summed E-state index contributed by atoms with van der Waals surface area (Å²) in [6, 6.07) is 0. The third-order valence-corrected chi connectivity index (χ3v) is 6.81. The molecule has 9 nitrogen and oxygen atoms in total. The highest BCUT2D eigenvalue weighted by molar-refractivity contribution is 5.90. The first-order valence-corrected chi connectivity index (χ1v) is 14.3. The highest BCUT2D eigenvalue weighted by atomic mass is 16.2. The van der Waals surface area contributed by atoms with Crippen molar-refractivity contribution in [1.82, 2.24) is 30.7 Å². The van der Waals surface area contributed by atoms with Gasteiger partial charge in [-0.15, -0.1) is 0 Å². The zero-order valence-corrected chi connectivity index (χ0v) is 24.2. The third-order valence-electron chi connectivity index (χ3n) is 6.81. The molecule has 212 valence electrons. The third kappa shape index (κ3) is 16.9. The van der Waals surface area contributed by atoms with E-state index in [0.29, 0.717) is 19.6 Å². The van der Waals surface area contributed by atoms with Gasteiger partial charge in [-0.1, -0.05) is 41.5 Å². The van der Waals surface area contributed by atoms with E-state index in [9.17, 15) is 14.4 Å². The molecule has 36 heavy (non-hydrogen) atoms. The van der Waals surface area contributed by atoms with E-state index >= 15 is 0 Å². The SMILES string of the molecule is CCN(CC)CCCNC(=O)CC(CC(=O)NCCCN(CC)CC)C(=O)NCCCN(CC)CC. The van der Waals surface area contributed by atoms with Gasteiger partial charge in [-0.2, -0.15) is 0 Å². The van der Waals surface area contributed by atoms with Crippen molar-refractivity contribution in [3.63, 3.8) is 0 Å². The summed E-state index contributed by atoms with van der Waals surface area (Å²) in [6.07, 6.45) is 2.63. The smallest absolute Gasteiger partial charge is 0.224 e. The lowest BCUT2D eigenvalue weighted by atomic mass is 9.99. The van der Waals surface area contributed by atoms with Gasteiger partial charge in [0.1, 0.15) is 0 Å². The summed E-state index contributed by atoms with van der Waals surface area (Å²) in [7, 11) is 0. The molecule has 0 atom stereocenters. The Morgan fingerprint density at radius 1 is 0.528 bits per heavy atom. The van der Waals surface area contributed by atoms with Gasteiger partial charge in [0.2, 0.25) is 17.7 Å². The standard InChI is InChI=1S/C27H56N6O3/c1-7-31(8-2)19-13-16-28-25(34)22-24(27(36)30-18-15-21-33(11-5)12-6)23-26(35)29-17-14-20-32(9-3)10-4/h24H,7-23H2,1-6H3,(H,28,34)(H,29,35)(H,30,36). The van der Waals surface area contributed by atoms with E-state index in [1.54, 1.807) is 0 Å². The molecule has 0 heterocycles. The van der Waals surface area contributed by atoms with Crippen molar-refractivity contribution in [2.45, 2.75) is 73.6 Å². The van der Waals surface area contributed by atoms with Crippen LogP contribution in [0.15, 0.2) is 0 Å². The van der Waals surface area contributed by atoms with Crippen LogP contribution in [-0.2, 0) is 14.4 Å². The van der Waals surface area contributed by atoms with Crippen molar-refractivity contribution in [3.8, 4) is 0 Å². The van der Waals surface area contributed by atoms with Crippen LogP contribution in [0.3, 0.4) is 0 Å². The first kappa shape index (κ1) is 34.3. The van der Waals surface area contributed by atoms with Crippen LogP contribution in [-0.4, -0.2) is 111 Å². The van der Waals surface area contributed by atoms with Crippen LogP contribution in [0.2, 0.25) is 0 Å². The molecule has 0 aromatic rings. The quantitative estimate of drug-likeness (QED) is 0.181. The summed E-state index contributed by atoms with van der Waals surface area (Å²) in [4.78, 5) is 45.0. The summed E-state index contributed by atoms with van der Waals surface area (Å²) < 4.78 is 0. The first-order valence-electron chi connectivity index (χ1n) is 14.3. The molecule has 0 saturated carbocycles. The molecule has 0 aromatic heterocycles. The maximum atomic E-state index is 12.9. The van der Waals surface area contributed by atoms with Crippen LogP contribution >= 0.6 is 0 Å². The van der Waals surface area contributed by atoms with Gasteiger partial charge >= 0.3 is 0 Å². The zero-order valence-electron chi connectivity index (χ0n) is 24.2. The molecule has 0 unspecified atom stereocenters. The Kier molecular flexibility index (Phi) is 21.4. The minimum Gasteiger partial charge on any atom is -0.356 e. The second kappa shape index (κ2) is 22.5. The summed E-state index contributed by atoms with van der Waals surface area (Å²) in [5.74, 6) is -1.23. The number of amides is 3. The highest BCUT2D eigenvalue weighted by Crippen LogP contribution is 2.10. The Morgan fingerprint density at radius 2 is 0.833 bits per heavy atom. The van der Waals surface area contributed by atoms with Crippen molar-refractivity contribution < 1.29 is 14.4 Å². The van der Waals surface area contributed by atoms with Gasteiger partial charge in [0, 0.05) is 32.5 Å². The Morgan fingerprint density at radius 3 is 1.14 bits per heavy atom. The fourth-order valence-electron chi connectivity index (χ4n) is 4.19. The minimum absolute atomic E-state index is 0.0278. The molecule has 0 bridgehead atoms. The first-order chi connectivity index (χ1) is 17.3. The van der Waals surface area contributed by atoms with Crippen LogP contribution in [0.5, 0.6) is 0 Å². The summed E-state index contributed by atoms with van der Waals surface area (Å²) in [5, 5.41) is 8.81. The Labute approximate surface area is 221 Å². The van der Waals surface area contributed by atoms with Gasteiger partial charge in [0.25, 0.3) is 0 Å².